The average Bonchev–Trinajstić information content (AvgIpc) is 2.55. The van der Waals surface area contributed by atoms with Gasteiger partial charge in [-0.1, -0.05) is 25.3 Å². The molecule has 0 bridgehead atoms. The Kier molecular flexibility index (Phi) is 5.46. The van der Waals surface area contributed by atoms with Gasteiger partial charge in [-0.25, -0.2) is 4.98 Å². The summed E-state index contributed by atoms with van der Waals surface area (Å²) in [5.74, 6) is 0.757. The van der Waals surface area contributed by atoms with Crippen LogP contribution in [0.15, 0.2) is 73.4 Å². The van der Waals surface area contributed by atoms with E-state index in [1.165, 1.54) is 30.5 Å². The van der Waals surface area contributed by atoms with Gasteiger partial charge < -0.3 is 9.47 Å². The van der Waals surface area contributed by atoms with Gasteiger partial charge in [-0.3, -0.25) is 10.1 Å². The third-order valence-corrected chi connectivity index (χ3v) is 2.92. The van der Waals surface area contributed by atoms with Crippen LogP contribution in [-0.4, -0.2) is 9.91 Å². The van der Waals surface area contributed by atoms with E-state index in [0.717, 1.165) is 12.8 Å². The van der Waals surface area contributed by atoms with E-state index in [2.05, 4.69) is 18.1 Å². The lowest BCUT2D eigenvalue weighted by Gasteiger charge is -2.11. The van der Waals surface area contributed by atoms with Crippen LogP contribution >= 0.6 is 0 Å². The van der Waals surface area contributed by atoms with E-state index in [0.29, 0.717) is 11.5 Å². The van der Waals surface area contributed by atoms with Crippen LogP contribution in [0.4, 0.5) is 5.69 Å². The minimum absolute atomic E-state index is 0.0693. The first-order valence-electron chi connectivity index (χ1n) is 6.96. The first-order valence-corrected chi connectivity index (χ1v) is 6.96. The zero-order valence-electron chi connectivity index (χ0n) is 12.5. The fourth-order valence-electron chi connectivity index (χ4n) is 1.91. The summed E-state index contributed by atoms with van der Waals surface area (Å²) in [5, 5.41) is 11.4. The van der Waals surface area contributed by atoms with Crippen molar-refractivity contribution in [2.24, 2.45) is 0 Å². The lowest BCUT2D eigenvalue weighted by atomic mass is 10.2. The van der Waals surface area contributed by atoms with E-state index in [-0.39, 0.29) is 17.3 Å². The molecule has 118 valence electrons. The molecule has 0 atom stereocenters. The number of hydrogen-bond acceptors (Lipinski definition) is 5. The molecule has 0 spiro atoms. The Morgan fingerprint density at radius 2 is 2.22 bits per heavy atom. The van der Waals surface area contributed by atoms with Crippen LogP contribution < -0.4 is 9.47 Å². The molecule has 0 amide bonds. The van der Waals surface area contributed by atoms with Gasteiger partial charge >= 0.3 is 11.6 Å². The van der Waals surface area contributed by atoms with Gasteiger partial charge in [0.15, 0.2) is 0 Å². The van der Waals surface area contributed by atoms with Crippen molar-refractivity contribution in [2.45, 2.75) is 12.8 Å². The van der Waals surface area contributed by atoms with Gasteiger partial charge in [0.25, 0.3) is 0 Å². The molecule has 1 aromatic rings. The predicted molar refractivity (Wildman–Crippen MR) is 87.1 cm³/mol. The maximum Gasteiger partial charge on any atom is 0.373 e. The average molecular weight is 312 g/mol. The smallest absolute Gasteiger partial charge is 0.373 e. The summed E-state index contributed by atoms with van der Waals surface area (Å²) in [6.07, 6.45) is 13.2. The van der Waals surface area contributed by atoms with E-state index in [4.69, 9.17) is 9.47 Å². The summed E-state index contributed by atoms with van der Waals surface area (Å²) in [6, 6.07) is 1.43. The number of nitrogens with zero attached hydrogens (tertiary/aromatic N) is 2. The Bertz CT molecular complexity index is 717. The Morgan fingerprint density at radius 3 is 2.83 bits per heavy atom. The Labute approximate surface area is 133 Å². The van der Waals surface area contributed by atoms with E-state index in [1.807, 2.05) is 12.2 Å². The summed E-state index contributed by atoms with van der Waals surface area (Å²) in [7, 11) is 0. The number of aromatic nitrogens is 1. The Balaban J connectivity index is 2.38. The summed E-state index contributed by atoms with van der Waals surface area (Å²) >= 11 is 0. The normalized spacial score (nSPS) is 13.9. The standard InChI is InChI=1S/C17H16N2O4/c1-3-8-13(4-2)23-17-16(19(20)21)15(11-12-18-17)22-14-9-6-5-7-10-14/h3-4,6,8-12H,1-2,5,7H2/b13-8+. The second kappa shape index (κ2) is 7.74. The number of allylic oxidation sites excluding steroid dienone is 6. The molecule has 0 aromatic carbocycles. The van der Waals surface area contributed by atoms with Gasteiger partial charge in [-0.15, -0.1) is 0 Å². The summed E-state index contributed by atoms with van der Waals surface area (Å²) in [6.45, 7) is 7.12. The van der Waals surface area contributed by atoms with E-state index in [9.17, 15) is 10.1 Å². The van der Waals surface area contributed by atoms with Crippen LogP contribution in [0, 0.1) is 10.1 Å². The number of hydrogen-bond donors (Lipinski definition) is 0. The number of pyridine rings is 1. The zero-order valence-corrected chi connectivity index (χ0v) is 12.5. The van der Waals surface area contributed by atoms with Crippen LogP contribution in [0.5, 0.6) is 11.6 Å². The first kappa shape index (κ1) is 16.2. The Hall–Kier alpha value is -3.15. The molecule has 1 aliphatic rings. The molecule has 6 heteroatoms. The highest BCUT2D eigenvalue weighted by molar-refractivity contribution is 5.55. The van der Waals surface area contributed by atoms with E-state index >= 15 is 0 Å². The SMILES string of the molecule is C=C/C=C(\C=C)Oc1nccc(OC2=CCCC=C2)c1[N+](=O)[O-]. The molecular weight excluding hydrogens is 296 g/mol. The summed E-state index contributed by atoms with van der Waals surface area (Å²) < 4.78 is 11.0. The van der Waals surface area contributed by atoms with Crippen molar-refractivity contribution in [3.05, 3.63) is 83.5 Å². The van der Waals surface area contributed by atoms with Crippen molar-refractivity contribution in [3.8, 4) is 11.6 Å². The molecule has 0 saturated carbocycles. The Morgan fingerprint density at radius 1 is 1.39 bits per heavy atom. The van der Waals surface area contributed by atoms with Crippen molar-refractivity contribution < 1.29 is 14.4 Å². The molecule has 1 heterocycles. The van der Waals surface area contributed by atoms with Crippen LogP contribution in [0.25, 0.3) is 0 Å². The maximum absolute atomic E-state index is 11.4. The van der Waals surface area contributed by atoms with Crippen molar-refractivity contribution in [1.29, 1.82) is 0 Å². The molecule has 0 N–H and O–H groups in total. The van der Waals surface area contributed by atoms with Gasteiger partial charge in [0.2, 0.25) is 5.75 Å². The molecule has 0 aliphatic heterocycles. The van der Waals surface area contributed by atoms with Gasteiger partial charge in [-0.05, 0) is 37.1 Å². The topological polar surface area (TPSA) is 74.5 Å². The minimum Gasteiger partial charge on any atom is -0.450 e. The highest BCUT2D eigenvalue weighted by Crippen LogP contribution is 2.37. The number of nitro groups is 1. The maximum atomic E-state index is 11.4. The number of rotatable bonds is 7. The molecule has 23 heavy (non-hydrogen) atoms. The molecular formula is C17H16N2O4. The van der Waals surface area contributed by atoms with Crippen LogP contribution in [0.1, 0.15) is 12.8 Å². The first-order chi connectivity index (χ1) is 11.2. The molecule has 6 nitrogen and oxygen atoms in total. The van der Waals surface area contributed by atoms with Gasteiger partial charge in [-0.2, -0.15) is 0 Å². The zero-order chi connectivity index (χ0) is 16.7. The van der Waals surface area contributed by atoms with Crippen LogP contribution in [-0.2, 0) is 0 Å². The second-order valence-electron chi connectivity index (χ2n) is 4.52. The molecule has 0 saturated heterocycles. The van der Waals surface area contributed by atoms with Crippen LogP contribution in [0.2, 0.25) is 0 Å². The van der Waals surface area contributed by atoms with Crippen molar-refractivity contribution in [3.63, 3.8) is 0 Å². The quantitative estimate of drug-likeness (QED) is 0.326. The van der Waals surface area contributed by atoms with Crippen molar-refractivity contribution in [1.82, 2.24) is 4.98 Å². The largest absolute Gasteiger partial charge is 0.450 e. The monoisotopic (exact) mass is 312 g/mol. The predicted octanol–water partition coefficient (Wildman–Crippen LogP) is 4.24. The second-order valence-corrected chi connectivity index (χ2v) is 4.52. The molecule has 0 fully saturated rings. The van der Waals surface area contributed by atoms with Gasteiger partial charge in [0.1, 0.15) is 11.5 Å². The molecule has 0 radical (unpaired) electrons. The summed E-state index contributed by atoms with van der Waals surface area (Å²) in [5.41, 5.74) is -0.343. The fourth-order valence-corrected chi connectivity index (χ4v) is 1.91. The van der Waals surface area contributed by atoms with E-state index in [1.54, 1.807) is 6.08 Å². The fraction of sp³-hybridized carbons (Fsp3) is 0.118. The molecule has 0 unspecified atom stereocenters. The minimum atomic E-state index is -0.584. The van der Waals surface area contributed by atoms with Crippen LogP contribution in [0.3, 0.4) is 0 Å². The summed E-state index contributed by atoms with van der Waals surface area (Å²) in [4.78, 5) is 14.8. The molecule has 1 aromatic heterocycles. The van der Waals surface area contributed by atoms with Crippen molar-refractivity contribution in [2.75, 3.05) is 0 Å². The third-order valence-electron chi connectivity index (χ3n) is 2.92. The number of ether oxygens (including phenoxy) is 2. The lowest BCUT2D eigenvalue weighted by Crippen LogP contribution is -2.03. The highest BCUT2D eigenvalue weighted by Gasteiger charge is 2.25. The molecule has 2 rings (SSSR count). The van der Waals surface area contributed by atoms with E-state index < -0.39 is 4.92 Å². The third kappa shape index (κ3) is 4.16. The van der Waals surface area contributed by atoms with Gasteiger partial charge in [0, 0.05) is 12.3 Å². The highest BCUT2D eigenvalue weighted by atomic mass is 16.6. The lowest BCUT2D eigenvalue weighted by molar-refractivity contribution is -0.386. The molecule has 1 aliphatic carbocycles. The van der Waals surface area contributed by atoms with Crippen molar-refractivity contribution >= 4 is 5.69 Å². The van der Waals surface area contributed by atoms with Gasteiger partial charge in [0.05, 0.1) is 4.92 Å².